The molecule has 1 unspecified atom stereocenters. The van der Waals surface area contributed by atoms with Gasteiger partial charge in [0.15, 0.2) is 0 Å². The maximum Gasteiger partial charge on any atom is 0.419 e. The molecule has 26 heavy (non-hydrogen) atoms. The average molecular weight is 376 g/mol. The summed E-state index contributed by atoms with van der Waals surface area (Å²) in [4.78, 5) is 11.5. The maximum absolute atomic E-state index is 13.7. The van der Waals surface area contributed by atoms with Gasteiger partial charge in [0.25, 0.3) is 0 Å². The lowest BCUT2D eigenvalue weighted by atomic mass is 9.74. The Labute approximate surface area is 147 Å². The minimum Gasteiger partial charge on any atom is -0.441 e. The molecular formula is C17H20F4N2O3. The summed E-state index contributed by atoms with van der Waals surface area (Å²) in [7, 11) is 0. The van der Waals surface area contributed by atoms with Crippen molar-refractivity contribution in [2.45, 2.75) is 43.0 Å². The van der Waals surface area contributed by atoms with Crippen molar-refractivity contribution < 1.29 is 31.8 Å². The maximum atomic E-state index is 13.7. The van der Waals surface area contributed by atoms with Gasteiger partial charge in [0.1, 0.15) is 11.4 Å². The number of halogens is 4. The van der Waals surface area contributed by atoms with Crippen LogP contribution in [0.25, 0.3) is 0 Å². The molecule has 1 amide bonds. The van der Waals surface area contributed by atoms with E-state index in [9.17, 15) is 22.4 Å². The number of ether oxygens (including phenoxy) is 2. The van der Waals surface area contributed by atoms with Crippen LogP contribution in [0, 0.1) is 5.82 Å². The number of primary amides is 1. The van der Waals surface area contributed by atoms with E-state index in [4.69, 9.17) is 15.2 Å². The first kappa shape index (κ1) is 18.9. The molecule has 3 rings (SSSR count). The summed E-state index contributed by atoms with van der Waals surface area (Å²) in [5, 5.41) is 3.18. The number of hydrogen-bond acceptors (Lipinski definition) is 4. The van der Waals surface area contributed by atoms with Crippen molar-refractivity contribution in [3.05, 3.63) is 35.1 Å². The lowest BCUT2D eigenvalue weighted by molar-refractivity contribution is -0.140. The molecule has 0 spiro atoms. The number of alkyl halides is 3. The molecule has 2 atom stereocenters. The fourth-order valence-electron chi connectivity index (χ4n) is 3.87. The molecule has 1 aromatic rings. The van der Waals surface area contributed by atoms with Gasteiger partial charge in [-0.3, -0.25) is 0 Å². The molecule has 9 heteroatoms. The number of carbonyl (C=O) groups is 1. The molecule has 1 saturated heterocycles. The van der Waals surface area contributed by atoms with Crippen LogP contribution in [-0.2, 0) is 21.1 Å². The Morgan fingerprint density at radius 1 is 1.38 bits per heavy atom. The minimum absolute atomic E-state index is 0.221. The van der Waals surface area contributed by atoms with E-state index in [1.807, 2.05) is 0 Å². The van der Waals surface area contributed by atoms with Crippen molar-refractivity contribution in [2.24, 2.45) is 5.73 Å². The molecule has 144 valence electrons. The van der Waals surface area contributed by atoms with Crippen molar-refractivity contribution in [3.63, 3.8) is 0 Å². The van der Waals surface area contributed by atoms with Gasteiger partial charge >= 0.3 is 12.3 Å². The number of amides is 1. The lowest BCUT2D eigenvalue weighted by Gasteiger charge is -2.45. The van der Waals surface area contributed by atoms with E-state index in [1.165, 1.54) is 6.07 Å². The van der Waals surface area contributed by atoms with E-state index in [0.717, 1.165) is 12.1 Å². The van der Waals surface area contributed by atoms with Crippen LogP contribution < -0.4 is 11.1 Å². The van der Waals surface area contributed by atoms with Gasteiger partial charge in [0.05, 0.1) is 24.8 Å². The molecule has 1 aromatic carbocycles. The second-order valence-electron chi connectivity index (χ2n) is 6.88. The van der Waals surface area contributed by atoms with E-state index < -0.39 is 40.7 Å². The van der Waals surface area contributed by atoms with E-state index >= 15 is 0 Å². The van der Waals surface area contributed by atoms with Crippen LogP contribution in [0.2, 0.25) is 0 Å². The highest BCUT2D eigenvalue weighted by molar-refractivity contribution is 5.66. The molecule has 2 fully saturated rings. The van der Waals surface area contributed by atoms with Crippen molar-refractivity contribution in [3.8, 4) is 0 Å². The van der Waals surface area contributed by atoms with Gasteiger partial charge in [-0.25, -0.2) is 9.18 Å². The Kier molecular flexibility index (Phi) is 4.64. The zero-order chi connectivity index (χ0) is 19.2. The van der Waals surface area contributed by atoms with E-state index in [1.54, 1.807) is 6.92 Å². The molecule has 1 aliphatic heterocycles. The Morgan fingerprint density at radius 3 is 2.58 bits per heavy atom. The van der Waals surface area contributed by atoms with Crippen LogP contribution in [0.1, 0.15) is 30.9 Å². The molecular weight excluding hydrogens is 356 g/mol. The van der Waals surface area contributed by atoms with Crippen LogP contribution >= 0.6 is 0 Å². The zero-order valence-electron chi connectivity index (χ0n) is 14.2. The van der Waals surface area contributed by atoms with E-state index in [0.29, 0.717) is 26.0 Å². The van der Waals surface area contributed by atoms with Crippen molar-refractivity contribution in [2.75, 3.05) is 19.8 Å². The first-order valence-corrected chi connectivity index (χ1v) is 8.27. The average Bonchev–Trinajstić information content (AvgIpc) is 3.36. The monoisotopic (exact) mass is 376 g/mol. The summed E-state index contributed by atoms with van der Waals surface area (Å²) in [6, 6.07) is 2.46. The van der Waals surface area contributed by atoms with Gasteiger partial charge in [-0.2, -0.15) is 13.2 Å². The second kappa shape index (κ2) is 6.38. The van der Waals surface area contributed by atoms with Crippen LogP contribution in [0.5, 0.6) is 0 Å². The van der Waals surface area contributed by atoms with Crippen molar-refractivity contribution in [1.82, 2.24) is 5.32 Å². The molecule has 0 radical (unpaired) electrons. The summed E-state index contributed by atoms with van der Waals surface area (Å²) >= 11 is 0. The van der Waals surface area contributed by atoms with Gasteiger partial charge in [-0.1, -0.05) is 6.07 Å². The molecule has 0 aromatic heterocycles. The number of nitrogens with one attached hydrogen (secondary N) is 1. The topological polar surface area (TPSA) is 73.6 Å². The van der Waals surface area contributed by atoms with E-state index in [2.05, 4.69) is 5.32 Å². The largest absolute Gasteiger partial charge is 0.441 e. The van der Waals surface area contributed by atoms with Gasteiger partial charge < -0.3 is 20.5 Å². The van der Waals surface area contributed by atoms with Crippen LogP contribution in [0.3, 0.4) is 0 Å². The molecule has 1 aliphatic carbocycles. The summed E-state index contributed by atoms with van der Waals surface area (Å²) in [6.07, 6.45) is -4.87. The van der Waals surface area contributed by atoms with Crippen LogP contribution in [-0.4, -0.2) is 37.5 Å². The van der Waals surface area contributed by atoms with Crippen LogP contribution in [0.15, 0.2) is 18.2 Å². The van der Waals surface area contributed by atoms with Crippen LogP contribution in [0.4, 0.5) is 22.4 Å². The molecule has 0 bridgehead atoms. The Hall–Kier alpha value is -1.87. The number of carbonyl (C=O) groups excluding carboxylic acids is 1. The number of hydrogen-bond donors (Lipinski definition) is 2. The van der Waals surface area contributed by atoms with Gasteiger partial charge in [-0.05, 0) is 37.5 Å². The summed E-state index contributed by atoms with van der Waals surface area (Å²) < 4.78 is 63.9. The number of nitrogens with two attached hydrogens (primary N) is 1. The third-order valence-corrected chi connectivity index (χ3v) is 5.42. The molecule has 1 heterocycles. The highest BCUT2D eigenvalue weighted by atomic mass is 19.4. The molecule has 2 aliphatic rings. The number of rotatable bonds is 4. The summed E-state index contributed by atoms with van der Waals surface area (Å²) in [5.41, 5.74) is 2.04. The summed E-state index contributed by atoms with van der Waals surface area (Å²) in [5.74, 6) is -1.34. The molecule has 5 nitrogen and oxygen atoms in total. The standard InChI is InChI=1S/C17H20F4N2O3/c1-15(26-14(22)24,13-9-25-7-6-23-13)16(4-5-16)10-2-3-12(18)11(8-10)17(19,20)21/h2-3,8,13,23H,4-7,9H2,1H3,(H2,22,24)/t13?,15-/m1/s1. The fourth-order valence-corrected chi connectivity index (χ4v) is 3.87. The predicted octanol–water partition coefficient (Wildman–Crippen LogP) is 2.72. The highest BCUT2D eigenvalue weighted by Crippen LogP contribution is 2.59. The van der Waals surface area contributed by atoms with E-state index in [-0.39, 0.29) is 12.2 Å². The third kappa shape index (κ3) is 3.14. The van der Waals surface area contributed by atoms with Crippen molar-refractivity contribution in [1.29, 1.82) is 0 Å². The molecule has 1 saturated carbocycles. The van der Waals surface area contributed by atoms with Gasteiger partial charge in [0.2, 0.25) is 0 Å². The third-order valence-electron chi connectivity index (χ3n) is 5.42. The van der Waals surface area contributed by atoms with Gasteiger partial charge in [-0.15, -0.1) is 0 Å². The number of morpholine rings is 1. The minimum atomic E-state index is -4.82. The normalized spacial score (nSPS) is 24.6. The Bertz CT molecular complexity index is 700. The highest BCUT2D eigenvalue weighted by Gasteiger charge is 2.64. The Balaban J connectivity index is 2.05. The number of benzene rings is 1. The summed E-state index contributed by atoms with van der Waals surface area (Å²) in [6.45, 7) is 2.84. The lowest BCUT2D eigenvalue weighted by Crippen LogP contribution is -2.63. The quantitative estimate of drug-likeness (QED) is 0.793. The fraction of sp³-hybridized carbons (Fsp3) is 0.588. The first-order valence-electron chi connectivity index (χ1n) is 8.27. The molecule has 3 N–H and O–H groups in total. The predicted molar refractivity (Wildman–Crippen MR) is 84.0 cm³/mol. The smallest absolute Gasteiger partial charge is 0.419 e. The zero-order valence-corrected chi connectivity index (χ0v) is 14.2. The first-order chi connectivity index (χ1) is 12.1. The second-order valence-corrected chi connectivity index (χ2v) is 6.88. The van der Waals surface area contributed by atoms with Crippen molar-refractivity contribution >= 4 is 6.09 Å². The Morgan fingerprint density at radius 2 is 2.08 bits per heavy atom. The SMILES string of the molecule is C[C@@](OC(N)=O)(C1COCCN1)C1(c2ccc(F)c(C(F)(F)F)c2)CC1. The van der Waals surface area contributed by atoms with Gasteiger partial charge in [0, 0.05) is 12.0 Å².